The summed E-state index contributed by atoms with van der Waals surface area (Å²) in [4.78, 5) is 11.4. The van der Waals surface area contributed by atoms with Crippen LogP contribution in [0.3, 0.4) is 0 Å². The van der Waals surface area contributed by atoms with E-state index in [0.29, 0.717) is 16.4 Å². The summed E-state index contributed by atoms with van der Waals surface area (Å²) in [6.45, 7) is 3.07. The van der Waals surface area contributed by atoms with Gasteiger partial charge in [-0.2, -0.15) is 0 Å². The predicted molar refractivity (Wildman–Crippen MR) is 68.0 cm³/mol. The second kappa shape index (κ2) is 4.19. The van der Waals surface area contributed by atoms with Crippen LogP contribution in [-0.2, 0) is 6.42 Å². The highest BCUT2D eigenvalue weighted by molar-refractivity contribution is 14.1. The number of halogens is 3. The monoisotopic (exact) mass is 352 g/mol. The number of ketones is 1. The normalized spacial score (nSPS) is 22.2. The fraction of sp³-hybridized carbons (Fsp3) is 0.417. The summed E-state index contributed by atoms with van der Waals surface area (Å²) in [5.74, 6) is -2.42. The minimum atomic E-state index is -1.12. The smallest absolute Gasteiger partial charge is 0.173 e. The standard InChI is InChI=1S/C12H11F2IO2/c1-6(16)9-10(14)8(13)3-7-4-12(2,5-15)17-11(7)9/h3H,4-5H2,1-2H3. The van der Waals surface area contributed by atoms with Gasteiger partial charge >= 0.3 is 0 Å². The van der Waals surface area contributed by atoms with Crippen molar-refractivity contribution in [3.05, 3.63) is 28.8 Å². The molecule has 1 aliphatic rings. The van der Waals surface area contributed by atoms with Crippen LogP contribution in [0, 0.1) is 11.6 Å². The molecule has 1 aromatic carbocycles. The van der Waals surface area contributed by atoms with Gasteiger partial charge in [0.05, 0.1) is 5.56 Å². The molecule has 0 saturated carbocycles. The summed E-state index contributed by atoms with van der Waals surface area (Å²) in [5.41, 5.74) is -0.199. The molecular formula is C12H11F2IO2. The first-order chi connectivity index (χ1) is 7.88. The van der Waals surface area contributed by atoms with Crippen LogP contribution in [0.1, 0.15) is 29.8 Å². The molecule has 1 heterocycles. The zero-order valence-corrected chi connectivity index (χ0v) is 11.6. The van der Waals surface area contributed by atoms with Crippen molar-refractivity contribution in [2.75, 3.05) is 4.43 Å². The molecule has 0 aromatic heterocycles. The molecule has 1 unspecified atom stereocenters. The molecule has 0 amide bonds. The molecule has 0 saturated heterocycles. The second-order valence-electron chi connectivity index (χ2n) is 4.45. The van der Waals surface area contributed by atoms with Gasteiger partial charge in [-0.1, -0.05) is 22.6 Å². The molecule has 0 aliphatic carbocycles. The van der Waals surface area contributed by atoms with Crippen molar-refractivity contribution in [1.82, 2.24) is 0 Å². The minimum absolute atomic E-state index is 0.204. The highest BCUT2D eigenvalue weighted by atomic mass is 127. The van der Waals surface area contributed by atoms with E-state index in [4.69, 9.17) is 4.74 Å². The Morgan fingerprint density at radius 3 is 2.76 bits per heavy atom. The number of hydrogen-bond acceptors (Lipinski definition) is 2. The number of carbonyl (C=O) groups is 1. The number of ether oxygens (including phenoxy) is 1. The van der Waals surface area contributed by atoms with Gasteiger partial charge in [0.25, 0.3) is 0 Å². The molecule has 0 spiro atoms. The SMILES string of the molecule is CC(=O)c1c(F)c(F)cc2c1OC(C)(CI)C2. The summed E-state index contributed by atoms with van der Waals surface area (Å²) in [7, 11) is 0. The summed E-state index contributed by atoms with van der Waals surface area (Å²) in [6, 6.07) is 1.12. The maximum Gasteiger partial charge on any atom is 0.173 e. The largest absolute Gasteiger partial charge is 0.485 e. The number of hydrogen-bond donors (Lipinski definition) is 0. The van der Waals surface area contributed by atoms with E-state index in [-0.39, 0.29) is 11.3 Å². The van der Waals surface area contributed by atoms with Crippen LogP contribution in [0.2, 0.25) is 0 Å². The second-order valence-corrected chi connectivity index (χ2v) is 5.22. The first-order valence-corrected chi connectivity index (χ1v) is 6.67. The van der Waals surface area contributed by atoms with E-state index >= 15 is 0 Å². The Bertz CT molecular complexity index is 502. The lowest BCUT2D eigenvalue weighted by molar-refractivity contribution is 0.0994. The van der Waals surface area contributed by atoms with Gasteiger partial charge in [-0.3, -0.25) is 4.79 Å². The third-order valence-corrected chi connectivity index (χ3v) is 4.41. The van der Waals surface area contributed by atoms with E-state index in [9.17, 15) is 13.6 Å². The summed E-state index contributed by atoms with van der Waals surface area (Å²) in [5, 5.41) is 0. The first-order valence-electron chi connectivity index (χ1n) is 5.15. The van der Waals surface area contributed by atoms with Crippen LogP contribution >= 0.6 is 22.6 Å². The molecule has 2 rings (SSSR count). The lowest BCUT2D eigenvalue weighted by Crippen LogP contribution is -2.32. The molecular weight excluding hydrogens is 341 g/mol. The highest BCUT2D eigenvalue weighted by Crippen LogP contribution is 2.40. The first kappa shape index (κ1) is 12.7. The highest BCUT2D eigenvalue weighted by Gasteiger charge is 2.38. The van der Waals surface area contributed by atoms with Gasteiger partial charge in [0.1, 0.15) is 11.4 Å². The fourth-order valence-corrected chi connectivity index (χ4v) is 2.41. The van der Waals surface area contributed by atoms with E-state index in [1.165, 1.54) is 6.92 Å². The minimum Gasteiger partial charge on any atom is -0.485 e. The van der Waals surface area contributed by atoms with Crippen LogP contribution < -0.4 is 4.74 Å². The Morgan fingerprint density at radius 2 is 2.24 bits per heavy atom. The fourth-order valence-electron chi connectivity index (χ4n) is 1.98. The molecule has 5 heteroatoms. The Labute approximate surface area is 111 Å². The maximum atomic E-state index is 13.6. The van der Waals surface area contributed by atoms with E-state index < -0.39 is 23.0 Å². The Morgan fingerprint density at radius 1 is 1.59 bits per heavy atom. The van der Waals surface area contributed by atoms with Gasteiger partial charge < -0.3 is 4.74 Å². The molecule has 0 fully saturated rings. The third-order valence-electron chi connectivity index (χ3n) is 2.80. The van der Waals surface area contributed by atoms with Gasteiger partial charge in [-0.05, 0) is 19.9 Å². The summed E-state index contributed by atoms with van der Waals surface area (Å²) in [6.07, 6.45) is 0.489. The van der Waals surface area contributed by atoms with Gasteiger partial charge in [-0.15, -0.1) is 0 Å². The Balaban J connectivity index is 2.62. The van der Waals surface area contributed by atoms with E-state index in [1.807, 2.05) is 6.92 Å². The van der Waals surface area contributed by atoms with Crippen molar-refractivity contribution in [1.29, 1.82) is 0 Å². The molecule has 17 heavy (non-hydrogen) atoms. The average Bonchev–Trinajstić information content (AvgIpc) is 2.56. The zero-order chi connectivity index (χ0) is 12.8. The van der Waals surface area contributed by atoms with E-state index in [2.05, 4.69) is 22.6 Å². The van der Waals surface area contributed by atoms with Crippen LogP contribution in [0.15, 0.2) is 6.07 Å². The van der Waals surface area contributed by atoms with Gasteiger partial charge in [0.15, 0.2) is 17.4 Å². The third kappa shape index (κ3) is 2.05. The molecule has 0 bridgehead atoms. The van der Waals surface area contributed by atoms with Crippen molar-refractivity contribution in [2.24, 2.45) is 0 Å². The van der Waals surface area contributed by atoms with Crippen molar-refractivity contribution < 1.29 is 18.3 Å². The molecule has 0 radical (unpaired) electrons. The number of Topliss-reactive ketones (excluding diaryl/α,β-unsaturated/α-hetero) is 1. The van der Waals surface area contributed by atoms with Crippen molar-refractivity contribution in [3.63, 3.8) is 0 Å². The van der Waals surface area contributed by atoms with Crippen molar-refractivity contribution in [2.45, 2.75) is 25.9 Å². The maximum absolute atomic E-state index is 13.6. The van der Waals surface area contributed by atoms with Crippen LogP contribution in [-0.4, -0.2) is 15.8 Å². The summed E-state index contributed by atoms with van der Waals surface area (Å²) >= 11 is 2.15. The number of fused-ring (bicyclic) bond motifs is 1. The Hall–Kier alpha value is -0.720. The molecule has 1 atom stereocenters. The molecule has 92 valence electrons. The number of benzene rings is 1. The van der Waals surface area contributed by atoms with Gasteiger partial charge in [-0.25, -0.2) is 8.78 Å². The lowest BCUT2D eigenvalue weighted by Gasteiger charge is -2.21. The summed E-state index contributed by atoms with van der Waals surface area (Å²) < 4.78 is 33.3. The van der Waals surface area contributed by atoms with E-state index in [0.717, 1.165) is 6.07 Å². The molecule has 0 N–H and O–H groups in total. The topological polar surface area (TPSA) is 26.3 Å². The predicted octanol–water partition coefficient (Wildman–Crippen LogP) is 3.30. The quantitative estimate of drug-likeness (QED) is 0.464. The number of carbonyl (C=O) groups excluding carboxylic acids is 1. The zero-order valence-electron chi connectivity index (χ0n) is 9.44. The van der Waals surface area contributed by atoms with E-state index in [1.54, 1.807) is 0 Å². The molecule has 1 aromatic rings. The number of rotatable bonds is 2. The van der Waals surface area contributed by atoms with Gasteiger partial charge in [0, 0.05) is 16.4 Å². The van der Waals surface area contributed by atoms with Crippen LogP contribution in [0.5, 0.6) is 5.75 Å². The van der Waals surface area contributed by atoms with Crippen LogP contribution in [0.25, 0.3) is 0 Å². The number of alkyl halides is 1. The molecule has 1 aliphatic heterocycles. The van der Waals surface area contributed by atoms with Crippen molar-refractivity contribution in [3.8, 4) is 5.75 Å². The Kier molecular flexibility index (Phi) is 3.14. The lowest BCUT2D eigenvalue weighted by atomic mass is 9.99. The molecule has 2 nitrogen and oxygen atoms in total. The van der Waals surface area contributed by atoms with Gasteiger partial charge in [0.2, 0.25) is 0 Å². The van der Waals surface area contributed by atoms with Crippen LogP contribution in [0.4, 0.5) is 8.78 Å². The average molecular weight is 352 g/mol. The van der Waals surface area contributed by atoms with Crippen molar-refractivity contribution >= 4 is 28.4 Å².